The lowest BCUT2D eigenvalue weighted by atomic mass is 10.2. The van der Waals surface area contributed by atoms with Crippen LogP contribution in [0.2, 0.25) is 20.1 Å². The fourth-order valence-corrected chi connectivity index (χ4v) is 3.14. The molecule has 12 heteroatoms. The lowest BCUT2D eigenvalue weighted by Crippen LogP contribution is -2.26. The Morgan fingerprint density at radius 3 is 2.45 bits per heavy atom. The van der Waals surface area contributed by atoms with Crippen molar-refractivity contribution in [1.29, 1.82) is 0 Å². The number of aromatic nitrogens is 2. The summed E-state index contributed by atoms with van der Waals surface area (Å²) in [5.41, 5.74) is 0.853. The molecule has 1 unspecified atom stereocenters. The summed E-state index contributed by atoms with van der Waals surface area (Å²) < 4.78 is 13.8. The number of hydrogen-bond donors (Lipinski definition) is 1. The highest BCUT2D eigenvalue weighted by Gasteiger charge is 2.14. The Morgan fingerprint density at radius 2 is 1.84 bits per heavy atom. The highest BCUT2D eigenvalue weighted by molar-refractivity contribution is 6.42. The van der Waals surface area contributed by atoms with Gasteiger partial charge in [0.05, 0.1) is 29.5 Å². The average molecular weight is 509 g/mol. The van der Waals surface area contributed by atoms with Crippen LogP contribution in [0.25, 0.3) is 0 Å². The van der Waals surface area contributed by atoms with Crippen LogP contribution in [0.15, 0.2) is 55.1 Å². The maximum atomic E-state index is 8.36. The van der Waals surface area contributed by atoms with E-state index in [4.69, 9.17) is 71.2 Å². The van der Waals surface area contributed by atoms with Crippen LogP contribution in [-0.2, 0) is 17.9 Å². The lowest BCUT2D eigenvalue weighted by Gasteiger charge is -2.20. The highest BCUT2D eigenvalue weighted by atomic mass is 35.5. The fourth-order valence-electron chi connectivity index (χ4n) is 2.39. The van der Waals surface area contributed by atoms with Gasteiger partial charge in [0.15, 0.2) is 0 Å². The van der Waals surface area contributed by atoms with Crippen LogP contribution in [0, 0.1) is 10.1 Å². The van der Waals surface area contributed by atoms with Gasteiger partial charge < -0.3 is 19.2 Å². The largest absolute Gasteiger partial charge is 0.491 e. The van der Waals surface area contributed by atoms with E-state index in [0.717, 1.165) is 5.56 Å². The molecule has 31 heavy (non-hydrogen) atoms. The summed E-state index contributed by atoms with van der Waals surface area (Å²) in [5, 5.41) is 15.7. The molecule has 0 bridgehead atoms. The van der Waals surface area contributed by atoms with Crippen LogP contribution in [0.4, 0.5) is 0 Å². The van der Waals surface area contributed by atoms with E-state index in [0.29, 0.717) is 45.6 Å². The normalized spacial score (nSPS) is 11.4. The van der Waals surface area contributed by atoms with E-state index in [9.17, 15) is 0 Å². The molecule has 0 saturated heterocycles. The molecule has 0 aliphatic heterocycles. The predicted molar refractivity (Wildman–Crippen MR) is 118 cm³/mol. The molecule has 0 saturated carbocycles. The number of nitrogens with zero attached hydrogens (tertiary/aromatic N) is 3. The van der Waals surface area contributed by atoms with Gasteiger partial charge >= 0.3 is 0 Å². The van der Waals surface area contributed by atoms with Crippen molar-refractivity contribution in [3.63, 3.8) is 0 Å². The first kappa shape index (κ1) is 25.0. The zero-order valence-corrected chi connectivity index (χ0v) is 18.9. The third-order valence-electron chi connectivity index (χ3n) is 3.79. The second-order valence-corrected chi connectivity index (χ2v) is 7.71. The van der Waals surface area contributed by atoms with Crippen LogP contribution in [0.5, 0.6) is 5.75 Å². The maximum Gasteiger partial charge on any atom is 0.291 e. The Morgan fingerprint density at radius 1 is 1.10 bits per heavy atom. The predicted octanol–water partition coefficient (Wildman–Crippen LogP) is 5.81. The van der Waals surface area contributed by atoms with Crippen LogP contribution in [0.1, 0.15) is 5.56 Å². The topological polar surface area (TPSA) is 99.7 Å². The number of hydrogen-bond acceptors (Lipinski definition) is 5. The van der Waals surface area contributed by atoms with Crippen molar-refractivity contribution in [3.8, 4) is 5.75 Å². The highest BCUT2D eigenvalue weighted by Crippen LogP contribution is 2.27. The molecule has 0 aliphatic carbocycles. The molecule has 0 spiro atoms. The molecule has 1 atom stereocenters. The van der Waals surface area contributed by atoms with E-state index in [1.54, 1.807) is 42.9 Å². The molecule has 3 rings (SSSR count). The van der Waals surface area contributed by atoms with Gasteiger partial charge in [-0.2, -0.15) is 0 Å². The monoisotopic (exact) mass is 507 g/mol. The summed E-state index contributed by atoms with van der Waals surface area (Å²) in [4.78, 5) is 12.4. The Kier molecular flexibility index (Phi) is 10.2. The number of halogens is 4. The van der Waals surface area contributed by atoms with E-state index in [1.165, 1.54) is 0 Å². The van der Waals surface area contributed by atoms with E-state index < -0.39 is 5.09 Å². The van der Waals surface area contributed by atoms with Crippen LogP contribution in [0.3, 0.4) is 0 Å². The Hall–Kier alpha value is -2.23. The van der Waals surface area contributed by atoms with Gasteiger partial charge in [-0.1, -0.05) is 52.5 Å². The molecule has 8 nitrogen and oxygen atoms in total. The molecular formula is C19H17Cl4N3O5. The zero-order valence-electron chi connectivity index (χ0n) is 15.8. The minimum atomic E-state index is -1.50. The Labute approximate surface area is 197 Å². The molecule has 166 valence electrons. The van der Waals surface area contributed by atoms with Crippen molar-refractivity contribution in [3.05, 3.63) is 90.9 Å². The van der Waals surface area contributed by atoms with E-state index in [2.05, 4.69) is 4.98 Å². The summed E-state index contributed by atoms with van der Waals surface area (Å²) in [7, 11) is 0. The van der Waals surface area contributed by atoms with Crippen LogP contribution >= 0.6 is 46.4 Å². The summed E-state index contributed by atoms with van der Waals surface area (Å²) >= 11 is 24.1. The molecule has 0 radical (unpaired) electrons. The quantitative estimate of drug-likeness (QED) is 0.304. The molecule has 1 heterocycles. The van der Waals surface area contributed by atoms with Gasteiger partial charge in [0.2, 0.25) is 0 Å². The second kappa shape index (κ2) is 12.6. The number of imidazole rings is 1. The van der Waals surface area contributed by atoms with Gasteiger partial charge in [0.1, 0.15) is 18.5 Å². The SMILES string of the molecule is Clc1ccc(COC(COc2ccc(Cl)c(Cl)c2)Cn2ccnc2)c(Cl)c1.O=[N+]([O-])O. The summed E-state index contributed by atoms with van der Waals surface area (Å²) in [6, 6.07) is 10.5. The first-order chi connectivity index (χ1) is 14.7. The van der Waals surface area contributed by atoms with E-state index in [-0.39, 0.29) is 6.10 Å². The molecule has 0 amide bonds. The van der Waals surface area contributed by atoms with E-state index >= 15 is 0 Å². The van der Waals surface area contributed by atoms with Crippen LogP contribution in [-0.4, -0.2) is 32.6 Å². The first-order valence-electron chi connectivity index (χ1n) is 8.67. The van der Waals surface area contributed by atoms with Gasteiger partial charge in [-0.15, -0.1) is 10.1 Å². The van der Waals surface area contributed by atoms with Crippen molar-refractivity contribution in [2.75, 3.05) is 6.61 Å². The standard InChI is InChI=1S/C19H16Cl4N2O2.HNO3/c20-14-2-1-13(18(22)7-14)10-26-16(9-25-6-5-24-12-25)11-27-15-3-4-17(21)19(23)8-15;2-1(3)4/h1-8,12,16H,9-11H2;(H,2,3,4). The molecule has 0 fully saturated rings. The van der Waals surface area contributed by atoms with Crippen molar-refractivity contribution >= 4 is 46.4 Å². The summed E-state index contributed by atoms with van der Waals surface area (Å²) in [6.07, 6.45) is 5.07. The molecular weight excluding hydrogens is 492 g/mol. The third kappa shape index (κ3) is 9.20. The van der Waals surface area contributed by atoms with Gasteiger partial charge in [-0.05, 0) is 29.8 Å². The Bertz CT molecular complexity index is 985. The van der Waals surface area contributed by atoms with Gasteiger partial charge in [0.25, 0.3) is 5.09 Å². The average Bonchev–Trinajstić information content (AvgIpc) is 3.20. The van der Waals surface area contributed by atoms with Crippen molar-refractivity contribution < 1.29 is 19.8 Å². The minimum absolute atomic E-state index is 0.236. The fraction of sp³-hybridized carbons (Fsp3) is 0.211. The van der Waals surface area contributed by atoms with Crippen molar-refractivity contribution in [2.24, 2.45) is 0 Å². The van der Waals surface area contributed by atoms with Gasteiger partial charge in [0, 0.05) is 28.5 Å². The Balaban J connectivity index is 0.000000785. The molecule has 0 aliphatic rings. The second-order valence-electron chi connectivity index (χ2n) is 6.05. The molecule has 1 aromatic heterocycles. The van der Waals surface area contributed by atoms with E-state index in [1.807, 2.05) is 16.8 Å². The lowest BCUT2D eigenvalue weighted by molar-refractivity contribution is -0.742. The number of ether oxygens (including phenoxy) is 2. The molecule has 2 aromatic carbocycles. The first-order valence-corrected chi connectivity index (χ1v) is 10.2. The van der Waals surface area contributed by atoms with Gasteiger partial charge in [-0.25, -0.2) is 4.98 Å². The van der Waals surface area contributed by atoms with Gasteiger partial charge in [-0.3, -0.25) is 0 Å². The third-order valence-corrected chi connectivity index (χ3v) is 5.12. The smallest absolute Gasteiger partial charge is 0.291 e. The maximum absolute atomic E-state index is 8.36. The summed E-state index contributed by atoms with van der Waals surface area (Å²) in [6.45, 7) is 1.23. The zero-order chi connectivity index (χ0) is 22.8. The molecule has 1 N–H and O–H groups in total. The van der Waals surface area contributed by atoms with Crippen molar-refractivity contribution in [2.45, 2.75) is 19.3 Å². The van der Waals surface area contributed by atoms with Crippen LogP contribution < -0.4 is 4.74 Å². The minimum Gasteiger partial charge on any atom is -0.491 e. The molecule has 3 aromatic rings. The van der Waals surface area contributed by atoms with Crippen molar-refractivity contribution in [1.82, 2.24) is 9.55 Å². The number of benzene rings is 2. The number of rotatable bonds is 8. The summed E-state index contributed by atoms with van der Waals surface area (Å²) in [5.74, 6) is 0.619.